The smallest absolute Gasteiger partial charge is 0.267 e. The van der Waals surface area contributed by atoms with E-state index in [1.165, 1.54) is 0 Å². The molecule has 4 nitrogen and oxygen atoms in total. The van der Waals surface area contributed by atoms with Crippen molar-refractivity contribution in [2.24, 2.45) is 0 Å². The fourth-order valence-electron chi connectivity index (χ4n) is 1.38. The zero-order valence-electron chi connectivity index (χ0n) is 9.35. The van der Waals surface area contributed by atoms with Crippen LogP contribution in [0, 0.1) is 6.92 Å². The molecule has 0 bridgehead atoms. The van der Waals surface area contributed by atoms with Crippen LogP contribution >= 0.6 is 23.2 Å². The summed E-state index contributed by atoms with van der Waals surface area (Å²) in [5.74, 6) is -0.543. The molecule has 0 aliphatic carbocycles. The Labute approximate surface area is 113 Å². The largest absolute Gasteiger partial charge is 0.294 e. The van der Waals surface area contributed by atoms with E-state index >= 15 is 0 Å². The Hall–Kier alpha value is -1.65. The number of carbonyl (C=O) groups is 1. The van der Waals surface area contributed by atoms with Gasteiger partial charge in [0, 0.05) is 5.56 Å². The van der Waals surface area contributed by atoms with Crippen LogP contribution in [0.4, 0.5) is 0 Å². The van der Waals surface area contributed by atoms with Crippen LogP contribution in [0.1, 0.15) is 15.9 Å². The van der Waals surface area contributed by atoms with Crippen LogP contribution in [-0.2, 0) is 0 Å². The van der Waals surface area contributed by atoms with Crippen LogP contribution in [0.25, 0.3) is 0 Å². The van der Waals surface area contributed by atoms with Crippen molar-refractivity contribution < 1.29 is 4.79 Å². The first-order chi connectivity index (χ1) is 8.50. The molecule has 0 unspecified atom stereocenters. The second-order valence-electron chi connectivity index (χ2n) is 3.69. The topological polar surface area (TPSA) is 52.0 Å². The van der Waals surface area contributed by atoms with Crippen LogP contribution < -0.4 is 5.56 Å². The van der Waals surface area contributed by atoms with E-state index in [4.69, 9.17) is 23.2 Å². The Balaban J connectivity index is 2.50. The predicted octanol–water partition coefficient (Wildman–Crippen LogP) is 2.55. The summed E-state index contributed by atoms with van der Waals surface area (Å²) in [5, 5.41) is 3.48. The van der Waals surface area contributed by atoms with Crippen molar-refractivity contribution in [2.75, 3.05) is 0 Å². The van der Waals surface area contributed by atoms with Crippen molar-refractivity contribution in [3.63, 3.8) is 0 Å². The molecule has 0 fully saturated rings. The maximum absolute atomic E-state index is 12.0. The number of halogens is 2. The molecule has 1 heterocycles. The fourth-order valence-corrected chi connectivity index (χ4v) is 1.63. The minimum atomic E-state index is -0.727. The third-order valence-electron chi connectivity index (χ3n) is 2.37. The van der Waals surface area contributed by atoms with Gasteiger partial charge in [0.05, 0.1) is 11.2 Å². The number of carbonyl (C=O) groups excluding carboxylic acids is 1. The van der Waals surface area contributed by atoms with Crippen molar-refractivity contribution in [1.82, 2.24) is 9.78 Å². The van der Waals surface area contributed by atoms with E-state index in [1.54, 1.807) is 24.3 Å². The molecule has 0 N–H and O–H groups in total. The molecule has 0 amide bonds. The molecular formula is C12H8Cl2N2O2. The molecule has 0 saturated heterocycles. The average molecular weight is 283 g/mol. The molecule has 0 spiro atoms. The Morgan fingerprint density at radius 2 is 1.83 bits per heavy atom. The monoisotopic (exact) mass is 282 g/mol. The summed E-state index contributed by atoms with van der Waals surface area (Å²) in [6, 6.07) is 6.79. The van der Waals surface area contributed by atoms with Gasteiger partial charge in [0.15, 0.2) is 0 Å². The van der Waals surface area contributed by atoms with E-state index in [0.717, 1.165) is 11.8 Å². The molecule has 0 aliphatic rings. The number of aryl methyl sites for hydroxylation is 1. The van der Waals surface area contributed by atoms with Crippen LogP contribution in [0.2, 0.25) is 10.0 Å². The van der Waals surface area contributed by atoms with Crippen molar-refractivity contribution in [2.45, 2.75) is 6.92 Å². The highest BCUT2D eigenvalue weighted by atomic mass is 35.5. The lowest BCUT2D eigenvalue weighted by Crippen LogP contribution is -2.30. The highest BCUT2D eigenvalue weighted by Gasteiger charge is 2.15. The van der Waals surface area contributed by atoms with Crippen molar-refractivity contribution in [1.29, 1.82) is 0 Å². The van der Waals surface area contributed by atoms with Crippen LogP contribution in [-0.4, -0.2) is 15.7 Å². The molecule has 6 heteroatoms. The van der Waals surface area contributed by atoms with E-state index in [1.807, 2.05) is 6.92 Å². The highest BCUT2D eigenvalue weighted by Crippen LogP contribution is 2.15. The molecule has 92 valence electrons. The number of hydrogen-bond donors (Lipinski definition) is 0. The third kappa shape index (κ3) is 2.30. The lowest BCUT2D eigenvalue weighted by molar-refractivity contribution is 0.0939. The third-order valence-corrected chi connectivity index (χ3v) is 3.12. The Kier molecular flexibility index (Phi) is 3.50. The molecule has 2 rings (SSSR count). The zero-order chi connectivity index (χ0) is 13.3. The lowest BCUT2D eigenvalue weighted by Gasteiger charge is -2.04. The maximum atomic E-state index is 12.0. The van der Waals surface area contributed by atoms with Gasteiger partial charge in [0.25, 0.3) is 11.5 Å². The first kappa shape index (κ1) is 12.8. The van der Waals surface area contributed by atoms with Crippen molar-refractivity contribution in [3.8, 4) is 0 Å². The summed E-state index contributed by atoms with van der Waals surface area (Å²) >= 11 is 11.3. The summed E-state index contributed by atoms with van der Waals surface area (Å²) in [6.07, 6.45) is 1.16. The molecule has 0 saturated carbocycles. The number of benzene rings is 1. The van der Waals surface area contributed by atoms with Gasteiger partial charge < -0.3 is 0 Å². The standard InChI is InChI=1S/C12H8Cl2N2O2/c1-7-2-4-8(5-3-7)11(17)16-12(18)10(14)9(13)6-15-16/h2-6H,1H3. The Morgan fingerprint density at radius 3 is 2.44 bits per heavy atom. The van der Waals surface area contributed by atoms with Crippen LogP contribution in [0.5, 0.6) is 0 Å². The molecule has 2 aromatic rings. The first-order valence-corrected chi connectivity index (χ1v) is 5.81. The molecular weight excluding hydrogens is 275 g/mol. The summed E-state index contributed by atoms with van der Waals surface area (Å²) < 4.78 is 0.693. The van der Waals surface area contributed by atoms with E-state index in [0.29, 0.717) is 10.2 Å². The number of aromatic nitrogens is 2. The SMILES string of the molecule is Cc1ccc(C(=O)n2ncc(Cl)c(Cl)c2=O)cc1. The van der Waals surface area contributed by atoms with Gasteiger partial charge in [-0.15, -0.1) is 0 Å². The molecule has 0 aliphatic heterocycles. The van der Waals surface area contributed by atoms with Crippen molar-refractivity contribution in [3.05, 3.63) is 62.0 Å². The van der Waals surface area contributed by atoms with Gasteiger partial charge in [-0.2, -0.15) is 9.78 Å². The molecule has 1 aromatic carbocycles. The lowest BCUT2D eigenvalue weighted by atomic mass is 10.1. The summed E-state index contributed by atoms with van der Waals surface area (Å²) in [4.78, 5) is 23.8. The maximum Gasteiger partial charge on any atom is 0.294 e. The number of rotatable bonds is 1. The van der Waals surface area contributed by atoms with Crippen molar-refractivity contribution >= 4 is 29.1 Å². The van der Waals surface area contributed by atoms with E-state index in [-0.39, 0.29) is 10.0 Å². The number of nitrogens with zero attached hydrogens (tertiary/aromatic N) is 2. The predicted molar refractivity (Wildman–Crippen MR) is 69.4 cm³/mol. The second-order valence-corrected chi connectivity index (χ2v) is 4.48. The summed E-state index contributed by atoms with van der Waals surface area (Å²) in [7, 11) is 0. The van der Waals surface area contributed by atoms with Crippen LogP contribution in [0.3, 0.4) is 0 Å². The normalized spacial score (nSPS) is 10.4. The summed E-state index contributed by atoms with van der Waals surface area (Å²) in [6.45, 7) is 1.90. The van der Waals surface area contributed by atoms with Gasteiger partial charge in [0.1, 0.15) is 5.02 Å². The van der Waals surface area contributed by atoms with Gasteiger partial charge in [-0.3, -0.25) is 9.59 Å². The van der Waals surface area contributed by atoms with Gasteiger partial charge >= 0.3 is 0 Å². The van der Waals surface area contributed by atoms with Gasteiger partial charge in [-0.1, -0.05) is 40.9 Å². The van der Waals surface area contributed by atoms with Gasteiger partial charge in [-0.05, 0) is 19.1 Å². The second kappa shape index (κ2) is 4.92. The quantitative estimate of drug-likeness (QED) is 0.808. The Bertz CT molecular complexity index is 663. The molecule has 0 radical (unpaired) electrons. The van der Waals surface area contributed by atoms with E-state index in [9.17, 15) is 9.59 Å². The number of hydrogen-bond acceptors (Lipinski definition) is 3. The Morgan fingerprint density at radius 1 is 1.22 bits per heavy atom. The molecule has 18 heavy (non-hydrogen) atoms. The molecule has 0 atom stereocenters. The first-order valence-electron chi connectivity index (χ1n) is 5.05. The fraction of sp³-hybridized carbons (Fsp3) is 0.0833. The highest BCUT2D eigenvalue weighted by molar-refractivity contribution is 6.41. The van der Waals surface area contributed by atoms with E-state index in [2.05, 4.69) is 5.10 Å². The summed E-state index contributed by atoms with van der Waals surface area (Å²) in [5.41, 5.74) is 0.643. The van der Waals surface area contributed by atoms with Gasteiger partial charge in [0.2, 0.25) is 0 Å². The van der Waals surface area contributed by atoms with Crippen LogP contribution in [0.15, 0.2) is 35.3 Å². The van der Waals surface area contributed by atoms with E-state index < -0.39 is 11.5 Å². The van der Waals surface area contributed by atoms with Gasteiger partial charge in [-0.25, -0.2) is 0 Å². The minimum Gasteiger partial charge on any atom is -0.267 e. The zero-order valence-corrected chi connectivity index (χ0v) is 10.9. The average Bonchev–Trinajstić information content (AvgIpc) is 2.36. The minimum absolute atomic E-state index is 0.0228. The molecule has 1 aromatic heterocycles.